The number of sulfonamides is 1. The van der Waals surface area contributed by atoms with E-state index >= 15 is 0 Å². The van der Waals surface area contributed by atoms with Gasteiger partial charge in [0.2, 0.25) is 5.13 Å². The molecule has 0 bridgehead atoms. The van der Waals surface area contributed by atoms with Gasteiger partial charge in [-0.25, -0.2) is 0 Å². The van der Waals surface area contributed by atoms with Gasteiger partial charge in [0.1, 0.15) is 0 Å². The van der Waals surface area contributed by atoms with Crippen LogP contribution in [0.2, 0.25) is 5.02 Å². The van der Waals surface area contributed by atoms with E-state index in [0.717, 1.165) is 5.56 Å². The minimum Gasteiger partial charge on any atom is -0.493 e. The monoisotopic (exact) mass is 530 g/mol. The van der Waals surface area contributed by atoms with Crippen molar-refractivity contribution in [1.82, 2.24) is 10.2 Å². The minimum atomic E-state index is -4.17. The highest BCUT2D eigenvalue weighted by molar-refractivity contribution is 7.94. The van der Waals surface area contributed by atoms with Crippen LogP contribution in [0.15, 0.2) is 71.1 Å². The Kier molecular flexibility index (Phi) is 7.20. The SMILES string of the molecule is COc1ccccc1Oc1ccc(Cl)cc1NS(=O)(=O)c1nnc(NC(=O)c2ccccc2C)s1. The molecule has 0 aliphatic heterocycles. The third kappa shape index (κ3) is 5.70. The number of methoxy groups -OCH3 is 1. The van der Waals surface area contributed by atoms with E-state index < -0.39 is 15.9 Å². The van der Waals surface area contributed by atoms with Gasteiger partial charge < -0.3 is 9.47 Å². The van der Waals surface area contributed by atoms with Crippen LogP contribution in [-0.2, 0) is 10.0 Å². The van der Waals surface area contributed by atoms with Gasteiger partial charge in [0.05, 0.1) is 12.8 Å². The van der Waals surface area contributed by atoms with Crippen LogP contribution in [0, 0.1) is 6.92 Å². The number of aromatic nitrogens is 2. The zero-order valence-electron chi connectivity index (χ0n) is 18.5. The number of hydrogen-bond donors (Lipinski definition) is 2. The first-order valence-corrected chi connectivity index (χ1v) is 12.8. The van der Waals surface area contributed by atoms with E-state index in [-0.39, 0.29) is 20.9 Å². The molecule has 0 saturated carbocycles. The molecular formula is C23H19ClN4O5S2. The second kappa shape index (κ2) is 10.3. The van der Waals surface area contributed by atoms with Gasteiger partial charge in [0.15, 0.2) is 17.2 Å². The predicted molar refractivity (Wildman–Crippen MR) is 134 cm³/mol. The second-order valence-corrected chi connectivity index (χ2v) is 10.4. The number of para-hydroxylation sites is 2. The lowest BCUT2D eigenvalue weighted by Crippen LogP contribution is -2.13. The maximum atomic E-state index is 13.0. The molecule has 0 unspecified atom stereocenters. The summed E-state index contributed by atoms with van der Waals surface area (Å²) in [6, 6.07) is 18.4. The van der Waals surface area contributed by atoms with Gasteiger partial charge in [-0.3, -0.25) is 14.8 Å². The Bertz CT molecular complexity index is 1490. The van der Waals surface area contributed by atoms with Gasteiger partial charge in [0.25, 0.3) is 20.3 Å². The first-order valence-electron chi connectivity index (χ1n) is 10.1. The summed E-state index contributed by atoms with van der Waals surface area (Å²) in [7, 11) is -2.68. The number of hydrogen-bond acceptors (Lipinski definition) is 8. The lowest BCUT2D eigenvalue weighted by molar-refractivity contribution is 0.102. The van der Waals surface area contributed by atoms with Crippen LogP contribution >= 0.6 is 22.9 Å². The van der Waals surface area contributed by atoms with Crippen LogP contribution in [-0.4, -0.2) is 31.6 Å². The molecule has 0 spiro atoms. The Morgan fingerprint density at radius 2 is 1.69 bits per heavy atom. The lowest BCUT2D eigenvalue weighted by atomic mass is 10.1. The number of carbonyl (C=O) groups is 1. The topological polar surface area (TPSA) is 120 Å². The zero-order valence-corrected chi connectivity index (χ0v) is 20.9. The van der Waals surface area contributed by atoms with Crippen molar-refractivity contribution < 1.29 is 22.7 Å². The van der Waals surface area contributed by atoms with Gasteiger partial charge in [-0.15, -0.1) is 10.2 Å². The van der Waals surface area contributed by atoms with Crippen LogP contribution < -0.4 is 19.5 Å². The number of nitrogens with one attached hydrogen (secondary N) is 2. The maximum absolute atomic E-state index is 13.0. The molecule has 1 amide bonds. The largest absolute Gasteiger partial charge is 0.493 e. The number of ether oxygens (including phenoxy) is 2. The molecule has 2 N–H and O–H groups in total. The highest BCUT2D eigenvalue weighted by Crippen LogP contribution is 2.37. The molecule has 35 heavy (non-hydrogen) atoms. The summed E-state index contributed by atoms with van der Waals surface area (Å²) in [5, 5.41) is 10.4. The second-order valence-electron chi connectivity index (χ2n) is 7.14. The summed E-state index contributed by atoms with van der Waals surface area (Å²) in [6.45, 7) is 1.80. The fourth-order valence-electron chi connectivity index (χ4n) is 3.04. The molecule has 180 valence electrons. The molecule has 3 aromatic carbocycles. The van der Waals surface area contributed by atoms with E-state index in [2.05, 4.69) is 20.2 Å². The Balaban J connectivity index is 1.56. The summed E-state index contributed by atoms with van der Waals surface area (Å²) >= 11 is 6.81. The van der Waals surface area contributed by atoms with E-state index in [1.165, 1.54) is 19.2 Å². The quantitative estimate of drug-likeness (QED) is 0.294. The summed E-state index contributed by atoms with van der Waals surface area (Å²) in [6.07, 6.45) is 0. The van der Waals surface area contributed by atoms with Crippen molar-refractivity contribution in [2.45, 2.75) is 11.3 Å². The van der Waals surface area contributed by atoms with Gasteiger partial charge >= 0.3 is 0 Å². The number of carbonyl (C=O) groups excluding carboxylic acids is 1. The maximum Gasteiger partial charge on any atom is 0.291 e. The molecule has 0 radical (unpaired) electrons. The summed E-state index contributed by atoms with van der Waals surface area (Å²) in [4.78, 5) is 12.5. The normalized spacial score (nSPS) is 11.1. The number of anilines is 2. The molecule has 0 atom stereocenters. The third-order valence-electron chi connectivity index (χ3n) is 4.72. The molecule has 1 heterocycles. The Hall–Kier alpha value is -3.67. The number of nitrogens with zero attached hydrogens (tertiary/aromatic N) is 2. The first-order chi connectivity index (χ1) is 16.8. The average Bonchev–Trinajstić information content (AvgIpc) is 3.31. The summed E-state index contributed by atoms with van der Waals surface area (Å²) in [5.74, 6) is 0.628. The molecule has 4 rings (SSSR count). The van der Waals surface area contributed by atoms with Crippen molar-refractivity contribution in [1.29, 1.82) is 0 Å². The first kappa shape index (κ1) is 24.5. The number of rotatable bonds is 8. The average molecular weight is 531 g/mol. The lowest BCUT2D eigenvalue weighted by Gasteiger charge is -2.14. The highest BCUT2D eigenvalue weighted by atomic mass is 35.5. The molecule has 4 aromatic rings. The molecule has 12 heteroatoms. The van der Waals surface area contributed by atoms with Crippen molar-refractivity contribution in [3.8, 4) is 17.2 Å². The fourth-order valence-corrected chi connectivity index (χ4v) is 5.17. The van der Waals surface area contributed by atoms with Crippen LogP contribution in [0.5, 0.6) is 17.2 Å². The number of benzene rings is 3. The molecule has 0 aliphatic rings. The Labute approximate surface area is 210 Å². The van der Waals surface area contributed by atoms with Crippen molar-refractivity contribution in [2.75, 3.05) is 17.1 Å². The molecule has 0 aliphatic carbocycles. The zero-order chi connectivity index (χ0) is 25.0. The van der Waals surface area contributed by atoms with Crippen molar-refractivity contribution >= 4 is 49.7 Å². The van der Waals surface area contributed by atoms with Gasteiger partial charge in [-0.1, -0.05) is 53.3 Å². The number of amides is 1. The van der Waals surface area contributed by atoms with Gasteiger partial charge in [-0.05, 0) is 48.9 Å². The third-order valence-corrected chi connectivity index (χ3v) is 7.53. The van der Waals surface area contributed by atoms with Crippen LogP contribution in [0.25, 0.3) is 0 Å². The van der Waals surface area contributed by atoms with Crippen LogP contribution in [0.4, 0.5) is 10.8 Å². The van der Waals surface area contributed by atoms with Crippen LogP contribution in [0.1, 0.15) is 15.9 Å². The van der Waals surface area contributed by atoms with E-state index in [9.17, 15) is 13.2 Å². The summed E-state index contributed by atoms with van der Waals surface area (Å²) < 4.78 is 39.3. The van der Waals surface area contributed by atoms with E-state index in [1.807, 2.05) is 6.07 Å². The molecule has 0 fully saturated rings. The number of aryl methyl sites for hydroxylation is 1. The van der Waals surface area contributed by atoms with Crippen LogP contribution in [0.3, 0.4) is 0 Å². The van der Waals surface area contributed by atoms with E-state index in [1.54, 1.807) is 55.5 Å². The fraction of sp³-hybridized carbons (Fsp3) is 0.0870. The molecule has 9 nitrogen and oxygen atoms in total. The van der Waals surface area contributed by atoms with E-state index in [0.29, 0.717) is 33.4 Å². The molecule has 1 aromatic heterocycles. The standard InChI is InChI=1S/C23H19ClN4O5S2/c1-14-7-3-4-8-16(14)21(29)25-22-26-27-23(34-22)35(30,31)28-17-13-15(24)11-12-18(17)33-20-10-6-5-9-19(20)32-2/h3-13,28H,1-2H3,(H,25,26,29). The molecular weight excluding hydrogens is 512 g/mol. The van der Waals surface area contributed by atoms with Gasteiger partial charge in [-0.2, -0.15) is 8.42 Å². The number of halogens is 1. The van der Waals surface area contributed by atoms with Crippen molar-refractivity contribution in [3.05, 3.63) is 82.9 Å². The van der Waals surface area contributed by atoms with E-state index in [4.69, 9.17) is 21.1 Å². The Morgan fingerprint density at radius 3 is 2.43 bits per heavy atom. The summed E-state index contributed by atoms with van der Waals surface area (Å²) in [5.41, 5.74) is 1.30. The highest BCUT2D eigenvalue weighted by Gasteiger charge is 2.24. The molecule has 0 saturated heterocycles. The van der Waals surface area contributed by atoms with Crippen molar-refractivity contribution in [3.63, 3.8) is 0 Å². The smallest absolute Gasteiger partial charge is 0.291 e. The van der Waals surface area contributed by atoms with Gasteiger partial charge in [0, 0.05) is 10.6 Å². The minimum absolute atomic E-state index is 0.0372. The Morgan fingerprint density at radius 1 is 0.971 bits per heavy atom. The van der Waals surface area contributed by atoms with Crippen molar-refractivity contribution in [2.24, 2.45) is 0 Å². The predicted octanol–water partition coefficient (Wildman–Crippen LogP) is 5.35.